The van der Waals surface area contributed by atoms with E-state index in [4.69, 9.17) is 0 Å². The van der Waals surface area contributed by atoms with Gasteiger partial charge in [0.05, 0.1) is 10.8 Å². The van der Waals surface area contributed by atoms with Gasteiger partial charge in [-0.3, -0.25) is 4.79 Å². The molecular formula is C16H20BrN5O3. The third kappa shape index (κ3) is 4.36. The molecule has 2 rings (SSSR count). The maximum atomic E-state index is 12.2. The smallest absolute Gasteiger partial charge is 0.372 e. The Hall–Kier alpha value is -2.42. The van der Waals surface area contributed by atoms with Gasteiger partial charge in [-0.25, -0.2) is 0 Å². The number of hydrogen-bond acceptors (Lipinski definition) is 5. The summed E-state index contributed by atoms with van der Waals surface area (Å²) in [5.41, 5.74) is 2.28. The van der Waals surface area contributed by atoms with Gasteiger partial charge in [0.1, 0.15) is 11.0 Å². The van der Waals surface area contributed by atoms with E-state index in [0.717, 1.165) is 18.8 Å². The van der Waals surface area contributed by atoms with Crippen LogP contribution in [-0.2, 0) is 11.3 Å². The van der Waals surface area contributed by atoms with Crippen LogP contribution in [0.5, 0.6) is 0 Å². The molecule has 0 unspecified atom stereocenters. The maximum Gasteiger partial charge on any atom is 0.404 e. The van der Waals surface area contributed by atoms with Gasteiger partial charge in [-0.1, -0.05) is 0 Å². The van der Waals surface area contributed by atoms with Crippen LogP contribution in [0.2, 0.25) is 0 Å². The van der Waals surface area contributed by atoms with Crippen molar-refractivity contribution < 1.29 is 9.72 Å². The molecule has 1 aromatic heterocycles. The molecule has 0 bridgehead atoms. The Kier molecular flexibility index (Phi) is 6.13. The van der Waals surface area contributed by atoms with E-state index in [2.05, 4.69) is 45.1 Å². The normalized spacial score (nSPS) is 10.6. The first-order valence-corrected chi connectivity index (χ1v) is 8.68. The minimum Gasteiger partial charge on any atom is -0.372 e. The quantitative estimate of drug-likeness (QED) is 0.558. The molecule has 8 nitrogen and oxygen atoms in total. The zero-order valence-corrected chi connectivity index (χ0v) is 15.9. The molecular weight excluding hydrogens is 390 g/mol. The van der Waals surface area contributed by atoms with Crippen LogP contribution in [-0.4, -0.2) is 33.7 Å². The molecule has 0 fully saturated rings. The lowest BCUT2D eigenvalue weighted by molar-refractivity contribution is -0.390. The fourth-order valence-electron chi connectivity index (χ4n) is 2.46. The SMILES string of the molecule is CCN(CC)c1ccc(NC(=O)Cn2nc([N+](=O)[O-])c(Br)c2C)cc1. The number of carbonyl (C=O) groups is 1. The first kappa shape index (κ1) is 18.9. The summed E-state index contributed by atoms with van der Waals surface area (Å²) in [5, 5.41) is 17.5. The van der Waals surface area contributed by atoms with Crippen LogP contribution in [0.4, 0.5) is 17.2 Å². The third-order valence-corrected chi connectivity index (χ3v) is 4.79. The first-order chi connectivity index (χ1) is 11.9. The van der Waals surface area contributed by atoms with E-state index in [1.54, 1.807) is 6.92 Å². The van der Waals surface area contributed by atoms with Crippen LogP contribution in [0, 0.1) is 17.0 Å². The molecule has 0 radical (unpaired) electrons. The topological polar surface area (TPSA) is 93.3 Å². The number of rotatable bonds is 7. The number of nitrogens with one attached hydrogen (secondary N) is 1. The molecule has 1 amide bonds. The highest BCUT2D eigenvalue weighted by atomic mass is 79.9. The molecule has 0 aliphatic heterocycles. The zero-order chi connectivity index (χ0) is 18.6. The number of amides is 1. The molecule has 0 saturated heterocycles. The van der Waals surface area contributed by atoms with Gasteiger partial charge >= 0.3 is 5.82 Å². The van der Waals surface area contributed by atoms with E-state index in [0.29, 0.717) is 11.4 Å². The van der Waals surface area contributed by atoms with Crippen molar-refractivity contribution >= 4 is 39.0 Å². The molecule has 25 heavy (non-hydrogen) atoms. The average Bonchev–Trinajstić information content (AvgIpc) is 2.86. The van der Waals surface area contributed by atoms with Gasteiger partial charge in [-0.15, -0.1) is 0 Å². The molecule has 0 aliphatic carbocycles. The minimum absolute atomic E-state index is 0.101. The summed E-state index contributed by atoms with van der Waals surface area (Å²) < 4.78 is 1.59. The molecule has 0 atom stereocenters. The van der Waals surface area contributed by atoms with Crippen LogP contribution >= 0.6 is 15.9 Å². The molecule has 1 N–H and O–H groups in total. The van der Waals surface area contributed by atoms with E-state index in [1.165, 1.54) is 4.68 Å². The van der Waals surface area contributed by atoms with Crippen molar-refractivity contribution in [2.75, 3.05) is 23.3 Å². The summed E-state index contributed by atoms with van der Waals surface area (Å²) >= 11 is 3.13. The lowest BCUT2D eigenvalue weighted by Crippen LogP contribution is -2.22. The number of halogens is 1. The van der Waals surface area contributed by atoms with E-state index >= 15 is 0 Å². The van der Waals surface area contributed by atoms with Gasteiger partial charge in [0.15, 0.2) is 0 Å². The minimum atomic E-state index is -0.586. The van der Waals surface area contributed by atoms with Crippen molar-refractivity contribution in [3.05, 3.63) is 44.5 Å². The third-order valence-electron chi connectivity index (χ3n) is 3.86. The predicted molar refractivity (Wildman–Crippen MR) is 100.0 cm³/mol. The molecule has 0 spiro atoms. The van der Waals surface area contributed by atoms with Crippen molar-refractivity contribution in [3.63, 3.8) is 0 Å². The highest BCUT2D eigenvalue weighted by Gasteiger charge is 2.24. The first-order valence-electron chi connectivity index (χ1n) is 7.89. The number of nitrogens with zero attached hydrogens (tertiary/aromatic N) is 4. The summed E-state index contributed by atoms with van der Waals surface area (Å²) in [6, 6.07) is 7.56. The van der Waals surface area contributed by atoms with Gasteiger partial charge in [0, 0.05) is 24.5 Å². The Morgan fingerprint density at radius 1 is 1.32 bits per heavy atom. The molecule has 9 heteroatoms. The largest absolute Gasteiger partial charge is 0.404 e. The van der Waals surface area contributed by atoms with Crippen LogP contribution in [0.15, 0.2) is 28.7 Å². The summed E-state index contributed by atoms with van der Waals surface area (Å²) in [7, 11) is 0. The standard InChI is InChI=1S/C16H20BrN5O3/c1-4-20(5-2)13-8-6-12(7-9-13)18-14(23)10-21-11(3)15(17)16(19-21)22(24)25/h6-9H,4-5,10H2,1-3H3,(H,18,23). The second-order valence-electron chi connectivity index (χ2n) is 5.41. The Labute approximate surface area is 154 Å². The number of aromatic nitrogens is 2. The summed E-state index contributed by atoms with van der Waals surface area (Å²) in [4.78, 5) is 24.7. The number of hydrogen-bond donors (Lipinski definition) is 1. The number of carbonyl (C=O) groups excluding carboxylic acids is 1. The monoisotopic (exact) mass is 409 g/mol. The van der Waals surface area contributed by atoms with Crippen molar-refractivity contribution in [3.8, 4) is 0 Å². The van der Waals surface area contributed by atoms with Gasteiger partial charge in [-0.2, -0.15) is 4.68 Å². The lowest BCUT2D eigenvalue weighted by Gasteiger charge is -2.21. The highest BCUT2D eigenvalue weighted by molar-refractivity contribution is 9.10. The van der Waals surface area contributed by atoms with E-state index < -0.39 is 4.92 Å². The zero-order valence-electron chi connectivity index (χ0n) is 14.3. The molecule has 134 valence electrons. The van der Waals surface area contributed by atoms with Gasteiger partial charge in [-0.05, 0) is 65.9 Å². The number of nitro groups is 1. The van der Waals surface area contributed by atoms with Gasteiger partial charge in [0.25, 0.3) is 0 Å². The average molecular weight is 410 g/mol. The van der Waals surface area contributed by atoms with Crippen LogP contribution in [0.3, 0.4) is 0 Å². The van der Waals surface area contributed by atoms with Crippen molar-refractivity contribution in [1.29, 1.82) is 0 Å². The lowest BCUT2D eigenvalue weighted by atomic mass is 10.2. The van der Waals surface area contributed by atoms with Crippen molar-refractivity contribution in [1.82, 2.24) is 9.78 Å². The summed E-state index contributed by atoms with van der Waals surface area (Å²) in [6.07, 6.45) is 0. The fraction of sp³-hybridized carbons (Fsp3) is 0.375. The number of benzene rings is 1. The van der Waals surface area contributed by atoms with E-state index in [1.807, 2.05) is 24.3 Å². The maximum absolute atomic E-state index is 12.2. The van der Waals surface area contributed by atoms with Gasteiger partial charge < -0.3 is 20.3 Å². The van der Waals surface area contributed by atoms with Gasteiger partial charge in [0.2, 0.25) is 5.91 Å². The molecule has 0 saturated carbocycles. The molecule has 1 aromatic carbocycles. The Morgan fingerprint density at radius 2 is 1.92 bits per heavy atom. The second-order valence-corrected chi connectivity index (χ2v) is 6.20. The predicted octanol–water partition coefficient (Wildman–Crippen LogP) is 3.35. The Morgan fingerprint density at radius 3 is 2.40 bits per heavy atom. The molecule has 1 heterocycles. The van der Waals surface area contributed by atoms with Crippen LogP contribution < -0.4 is 10.2 Å². The number of anilines is 2. The van der Waals surface area contributed by atoms with Crippen molar-refractivity contribution in [2.45, 2.75) is 27.3 Å². The van der Waals surface area contributed by atoms with E-state index in [-0.39, 0.29) is 22.7 Å². The molecule has 2 aromatic rings. The van der Waals surface area contributed by atoms with Crippen LogP contribution in [0.1, 0.15) is 19.5 Å². The van der Waals surface area contributed by atoms with E-state index in [9.17, 15) is 14.9 Å². The Bertz CT molecular complexity index is 769. The molecule has 0 aliphatic rings. The van der Waals surface area contributed by atoms with Crippen LogP contribution in [0.25, 0.3) is 0 Å². The summed E-state index contributed by atoms with van der Waals surface area (Å²) in [6.45, 7) is 7.56. The fourth-order valence-corrected chi connectivity index (χ4v) is 2.89. The Balaban J connectivity index is 2.06. The van der Waals surface area contributed by atoms with Crippen molar-refractivity contribution in [2.24, 2.45) is 0 Å². The highest BCUT2D eigenvalue weighted by Crippen LogP contribution is 2.27. The summed E-state index contributed by atoms with van der Waals surface area (Å²) in [5.74, 6) is -0.600. The second kappa shape index (κ2) is 8.11.